The maximum Gasteiger partial charge on any atom is 0.241 e. The molecule has 0 bridgehead atoms. The number of nitrogens with one attached hydrogen (secondary N) is 1. The van der Waals surface area contributed by atoms with Gasteiger partial charge in [-0.3, -0.25) is 4.79 Å². The molecule has 1 amide bonds. The third kappa shape index (κ3) is 2.97. The Bertz CT molecular complexity index is 338. The van der Waals surface area contributed by atoms with Crippen LogP contribution in [0.3, 0.4) is 0 Å². The standard InChI is InChI=1S/C12H16N2O.ClH/c13-11(9-5-4-6-9)12(15)14-10-7-2-1-3-8-10;/h1-3,7-9,11H,4-6,13H2,(H,14,15);1H. The lowest BCUT2D eigenvalue weighted by atomic mass is 9.80. The van der Waals surface area contributed by atoms with Crippen LogP contribution in [0.1, 0.15) is 19.3 Å². The molecule has 3 nitrogen and oxygen atoms in total. The van der Waals surface area contributed by atoms with Gasteiger partial charge in [-0.25, -0.2) is 0 Å². The highest BCUT2D eigenvalue weighted by Crippen LogP contribution is 2.29. The summed E-state index contributed by atoms with van der Waals surface area (Å²) in [5.41, 5.74) is 6.68. The van der Waals surface area contributed by atoms with E-state index in [2.05, 4.69) is 5.32 Å². The predicted octanol–water partition coefficient (Wildman–Crippen LogP) is 2.17. The molecule has 0 heterocycles. The van der Waals surface area contributed by atoms with Crippen LogP contribution in [0.5, 0.6) is 0 Å². The number of carbonyl (C=O) groups is 1. The zero-order valence-corrected chi connectivity index (χ0v) is 9.87. The van der Waals surface area contributed by atoms with Gasteiger partial charge in [0.25, 0.3) is 0 Å². The molecule has 4 heteroatoms. The average molecular weight is 241 g/mol. The molecule has 0 spiro atoms. The van der Waals surface area contributed by atoms with Gasteiger partial charge in [0.1, 0.15) is 0 Å². The molecule has 2 rings (SSSR count). The van der Waals surface area contributed by atoms with Crippen LogP contribution in [-0.4, -0.2) is 11.9 Å². The summed E-state index contributed by atoms with van der Waals surface area (Å²) in [5, 5.41) is 2.83. The second-order valence-electron chi connectivity index (χ2n) is 4.07. The van der Waals surface area contributed by atoms with Crippen molar-refractivity contribution in [1.82, 2.24) is 0 Å². The summed E-state index contributed by atoms with van der Waals surface area (Å²) in [5.74, 6) is 0.319. The molecule has 1 aromatic carbocycles. The van der Waals surface area contributed by atoms with Gasteiger partial charge in [0.2, 0.25) is 5.91 Å². The molecule has 3 N–H and O–H groups in total. The van der Waals surface area contributed by atoms with E-state index in [1.54, 1.807) is 0 Å². The molecular weight excluding hydrogens is 224 g/mol. The van der Waals surface area contributed by atoms with Crippen molar-refractivity contribution in [3.05, 3.63) is 30.3 Å². The fourth-order valence-corrected chi connectivity index (χ4v) is 1.76. The van der Waals surface area contributed by atoms with Gasteiger partial charge in [0, 0.05) is 5.69 Å². The van der Waals surface area contributed by atoms with Crippen LogP contribution in [0.15, 0.2) is 30.3 Å². The van der Waals surface area contributed by atoms with Crippen LogP contribution in [0, 0.1) is 5.92 Å². The van der Waals surface area contributed by atoms with Crippen molar-refractivity contribution in [3.8, 4) is 0 Å². The quantitative estimate of drug-likeness (QED) is 0.851. The molecule has 1 fully saturated rings. The number of amides is 1. The minimum absolute atomic E-state index is 0. The van der Waals surface area contributed by atoms with Crippen molar-refractivity contribution >= 4 is 24.0 Å². The Kier molecular flexibility index (Phi) is 4.77. The Hall–Kier alpha value is -1.06. The summed E-state index contributed by atoms with van der Waals surface area (Å²) in [6, 6.07) is 9.09. The summed E-state index contributed by atoms with van der Waals surface area (Å²) in [7, 11) is 0. The van der Waals surface area contributed by atoms with Crippen molar-refractivity contribution in [2.75, 3.05) is 5.32 Å². The summed E-state index contributed by atoms with van der Waals surface area (Å²) in [4.78, 5) is 11.7. The zero-order chi connectivity index (χ0) is 10.7. The van der Waals surface area contributed by atoms with E-state index < -0.39 is 0 Å². The lowest BCUT2D eigenvalue weighted by molar-refractivity contribution is -0.119. The van der Waals surface area contributed by atoms with Gasteiger partial charge in [-0.05, 0) is 30.9 Å². The predicted molar refractivity (Wildman–Crippen MR) is 67.6 cm³/mol. The number of benzene rings is 1. The van der Waals surface area contributed by atoms with Gasteiger partial charge in [-0.15, -0.1) is 12.4 Å². The largest absolute Gasteiger partial charge is 0.325 e. The highest BCUT2D eigenvalue weighted by Gasteiger charge is 2.29. The second-order valence-corrected chi connectivity index (χ2v) is 4.07. The Morgan fingerprint density at radius 2 is 1.94 bits per heavy atom. The fraction of sp³-hybridized carbons (Fsp3) is 0.417. The molecule has 0 saturated heterocycles. The van der Waals surface area contributed by atoms with Crippen LogP contribution >= 0.6 is 12.4 Å². The van der Waals surface area contributed by atoms with E-state index in [0.717, 1.165) is 18.5 Å². The van der Waals surface area contributed by atoms with Crippen molar-refractivity contribution in [2.45, 2.75) is 25.3 Å². The van der Waals surface area contributed by atoms with Gasteiger partial charge in [-0.1, -0.05) is 24.6 Å². The highest BCUT2D eigenvalue weighted by atomic mass is 35.5. The van der Waals surface area contributed by atoms with E-state index in [1.807, 2.05) is 30.3 Å². The lowest BCUT2D eigenvalue weighted by Crippen LogP contribution is -2.44. The van der Waals surface area contributed by atoms with Gasteiger partial charge < -0.3 is 11.1 Å². The molecule has 1 aliphatic carbocycles. The van der Waals surface area contributed by atoms with Gasteiger partial charge in [0.05, 0.1) is 6.04 Å². The Morgan fingerprint density at radius 3 is 2.44 bits per heavy atom. The van der Waals surface area contributed by atoms with Crippen molar-refractivity contribution < 1.29 is 4.79 Å². The fourth-order valence-electron chi connectivity index (χ4n) is 1.76. The molecule has 1 aliphatic rings. The summed E-state index contributed by atoms with van der Waals surface area (Å²) in [6.07, 6.45) is 3.38. The Balaban J connectivity index is 0.00000128. The molecule has 0 radical (unpaired) electrons. The number of carbonyl (C=O) groups excluding carboxylic acids is 1. The maximum absolute atomic E-state index is 11.7. The monoisotopic (exact) mass is 240 g/mol. The molecule has 16 heavy (non-hydrogen) atoms. The van der Waals surface area contributed by atoms with Crippen LogP contribution in [0.2, 0.25) is 0 Å². The molecular formula is C12H17ClN2O. The first-order chi connectivity index (χ1) is 7.27. The third-order valence-corrected chi connectivity index (χ3v) is 3.00. The van der Waals surface area contributed by atoms with E-state index in [0.29, 0.717) is 5.92 Å². The number of nitrogens with two attached hydrogens (primary N) is 1. The third-order valence-electron chi connectivity index (χ3n) is 3.00. The average Bonchev–Trinajstić information content (AvgIpc) is 2.16. The zero-order valence-electron chi connectivity index (χ0n) is 9.06. The Morgan fingerprint density at radius 1 is 1.31 bits per heavy atom. The highest BCUT2D eigenvalue weighted by molar-refractivity contribution is 5.94. The van der Waals surface area contributed by atoms with Crippen LogP contribution < -0.4 is 11.1 Å². The number of hydrogen-bond acceptors (Lipinski definition) is 2. The second kappa shape index (κ2) is 5.87. The number of para-hydroxylation sites is 1. The van der Waals surface area contributed by atoms with Gasteiger partial charge in [-0.2, -0.15) is 0 Å². The molecule has 0 aliphatic heterocycles. The number of hydrogen-bond donors (Lipinski definition) is 2. The van der Waals surface area contributed by atoms with E-state index in [4.69, 9.17) is 5.73 Å². The van der Waals surface area contributed by atoms with Crippen molar-refractivity contribution in [2.24, 2.45) is 11.7 Å². The van der Waals surface area contributed by atoms with Crippen molar-refractivity contribution in [1.29, 1.82) is 0 Å². The summed E-state index contributed by atoms with van der Waals surface area (Å²) < 4.78 is 0. The summed E-state index contributed by atoms with van der Waals surface area (Å²) in [6.45, 7) is 0. The number of rotatable bonds is 3. The molecule has 0 aromatic heterocycles. The maximum atomic E-state index is 11.7. The molecule has 88 valence electrons. The minimum Gasteiger partial charge on any atom is -0.325 e. The normalized spacial score (nSPS) is 16.8. The lowest BCUT2D eigenvalue weighted by Gasteiger charge is -2.30. The van der Waals surface area contributed by atoms with Gasteiger partial charge >= 0.3 is 0 Å². The van der Waals surface area contributed by atoms with Crippen molar-refractivity contribution in [3.63, 3.8) is 0 Å². The van der Waals surface area contributed by atoms with Crippen LogP contribution in [0.25, 0.3) is 0 Å². The first kappa shape index (κ1) is 13.0. The van der Waals surface area contributed by atoms with E-state index >= 15 is 0 Å². The van der Waals surface area contributed by atoms with Gasteiger partial charge in [0.15, 0.2) is 0 Å². The van der Waals surface area contributed by atoms with Crippen LogP contribution in [-0.2, 0) is 4.79 Å². The Labute approximate surface area is 102 Å². The van der Waals surface area contributed by atoms with E-state index in [1.165, 1.54) is 6.42 Å². The number of anilines is 1. The molecule has 1 atom stereocenters. The summed E-state index contributed by atoms with van der Waals surface area (Å²) >= 11 is 0. The molecule has 1 unspecified atom stereocenters. The van der Waals surface area contributed by atoms with E-state index in [9.17, 15) is 4.79 Å². The molecule has 1 aromatic rings. The van der Waals surface area contributed by atoms with Crippen LogP contribution in [0.4, 0.5) is 5.69 Å². The first-order valence-electron chi connectivity index (χ1n) is 5.39. The smallest absolute Gasteiger partial charge is 0.241 e. The SMILES string of the molecule is Cl.NC(C(=O)Nc1ccccc1)C1CCC1. The molecule has 1 saturated carbocycles. The topological polar surface area (TPSA) is 55.1 Å². The number of halogens is 1. The van der Waals surface area contributed by atoms with E-state index in [-0.39, 0.29) is 24.4 Å². The minimum atomic E-state index is -0.348. The first-order valence-corrected chi connectivity index (χ1v) is 5.39.